The molecule has 0 aromatic carbocycles. The predicted molar refractivity (Wildman–Crippen MR) is 53.3 cm³/mol. The zero-order chi connectivity index (χ0) is 8.72. The van der Waals surface area contributed by atoms with Gasteiger partial charge in [-0.05, 0) is 0 Å². The molecule has 0 bridgehead atoms. The van der Waals surface area contributed by atoms with Crippen molar-refractivity contribution in [2.24, 2.45) is 0 Å². The van der Waals surface area contributed by atoms with Crippen molar-refractivity contribution in [3.8, 4) is 0 Å². The molecular formula is C9H19OP. The summed E-state index contributed by atoms with van der Waals surface area (Å²) in [4.78, 5) is 11.1. The van der Waals surface area contributed by atoms with Gasteiger partial charge in [-0.1, -0.05) is 0 Å². The van der Waals surface area contributed by atoms with Gasteiger partial charge in [-0.15, -0.1) is 0 Å². The van der Waals surface area contributed by atoms with E-state index in [9.17, 15) is 4.79 Å². The topological polar surface area (TPSA) is 17.1 Å². The zero-order valence-corrected chi connectivity index (χ0v) is 8.95. The minimum absolute atomic E-state index is 0.475. The van der Waals surface area contributed by atoms with Crippen LogP contribution in [-0.4, -0.2) is 37.6 Å². The maximum atomic E-state index is 11.1. The van der Waals surface area contributed by atoms with Crippen LogP contribution in [-0.2, 0) is 4.79 Å². The van der Waals surface area contributed by atoms with Crippen LogP contribution in [0.5, 0.6) is 0 Å². The Kier molecular flexibility index (Phi) is 1.92. The van der Waals surface area contributed by atoms with Crippen molar-refractivity contribution in [2.75, 3.05) is 26.2 Å². The molecule has 1 rings (SSSR count). The Hall–Kier alpha value is 0.100. The van der Waals surface area contributed by atoms with Gasteiger partial charge in [-0.3, -0.25) is 0 Å². The second-order valence-corrected chi connectivity index (χ2v) is 13.1. The molecule has 1 unspecified atom stereocenters. The summed E-state index contributed by atoms with van der Waals surface area (Å²) in [5, 5.41) is 0. The van der Waals surface area contributed by atoms with Gasteiger partial charge in [0.25, 0.3) is 0 Å². The van der Waals surface area contributed by atoms with E-state index >= 15 is 0 Å². The van der Waals surface area contributed by atoms with Crippen LogP contribution in [0.15, 0.2) is 0 Å². The summed E-state index contributed by atoms with van der Waals surface area (Å²) >= 11 is 0. The van der Waals surface area contributed by atoms with Crippen molar-refractivity contribution >= 4 is 12.4 Å². The third-order valence-corrected chi connectivity index (χ3v) is 8.62. The maximum absolute atomic E-state index is 11.1. The van der Waals surface area contributed by atoms with Crippen molar-refractivity contribution in [3.63, 3.8) is 0 Å². The van der Waals surface area contributed by atoms with Crippen molar-refractivity contribution in [1.29, 1.82) is 0 Å². The van der Waals surface area contributed by atoms with Crippen LogP contribution in [0.25, 0.3) is 0 Å². The number of hydrogen-bond donors (Lipinski definition) is 0. The summed E-state index contributed by atoms with van der Waals surface area (Å²) in [7, 11) is 0. The summed E-state index contributed by atoms with van der Waals surface area (Å²) in [5.74, 6) is 0.475. The molecule has 1 saturated heterocycles. The fourth-order valence-corrected chi connectivity index (χ4v) is 3.89. The average molecular weight is 174 g/mol. The molecule has 0 spiro atoms. The van der Waals surface area contributed by atoms with Crippen LogP contribution in [0.2, 0.25) is 0 Å². The van der Waals surface area contributed by atoms with Crippen LogP contribution in [0.1, 0.15) is 19.8 Å². The van der Waals surface area contributed by atoms with Gasteiger partial charge in [0, 0.05) is 0 Å². The minimum atomic E-state index is -1.42. The molecule has 1 nitrogen and oxygen atoms in total. The molecule has 0 amide bonds. The first-order chi connectivity index (χ1) is 4.80. The van der Waals surface area contributed by atoms with E-state index < -0.39 is 6.60 Å². The number of rotatable bonds is 0. The van der Waals surface area contributed by atoms with Crippen LogP contribution in [0, 0.1) is 0 Å². The standard InChI is InChI=1S/C9H19OP/c1-8-7-9(10)5-6-11(8,2,3)4/h8H,5-7H2,1-4H3. The molecule has 0 saturated carbocycles. The SMILES string of the molecule is CC1CC(=O)CCP1(C)(C)C. The molecule has 1 fully saturated rings. The molecule has 1 aliphatic rings. The molecule has 0 radical (unpaired) electrons. The Balaban J connectivity index is 2.81. The van der Waals surface area contributed by atoms with E-state index in [4.69, 9.17) is 0 Å². The van der Waals surface area contributed by atoms with Crippen molar-refractivity contribution in [2.45, 2.75) is 25.4 Å². The third kappa shape index (κ3) is 1.82. The van der Waals surface area contributed by atoms with Gasteiger partial charge in [0.05, 0.1) is 0 Å². The Morgan fingerprint density at radius 1 is 1.36 bits per heavy atom. The van der Waals surface area contributed by atoms with Gasteiger partial charge in [-0.2, -0.15) is 0 Å². The van der Waals surface area contributed by atoms with Crippen molar-refractivity contribution in [1.82, 2.24) is 0 Å². The Morgan fingerprint density at radius 3 is 2.27 bits per heavy atom. The normalized spacial score (nSPS) is 39.1. The molecule has 0 aromatic heterocycles. The average Bonchev–Trinajstić information content (AvgIpc) is 1.81. The number of ketones is 1. The van der Waals surface area contributed by atoms with Crippen molar-refractivity contribution in [3.05, 3.63) is 0 Å². The fraction of sp³-hybridized carbons (Fsp3) is 0.889. The number of carbonyl (C=O) groups excluding carboxylic acids is 1. The van der Waals surface area contributed by atoms with Gasteiger partial charge >= 0.3 is 68.8 Å². The van der Waals surface area contributed by atoms with Gasteiger partial charge in [0.15, 0.2) is 0 Å². The van der Waals surface area contributed by atoms with E-state index in [1.54, 1.807) is 0 Å². The first-order valence-electron chi connectivity index (χ1n) is 4.31. The molecule has 11 heavy (non-hydrogen) atoms. The van der Waals surface area contributed by atoms with E-state index in [0.29, 0.717) is 11.4 Å². The van der Waals surface area contributed by atoms with Gasteiger partial charge in [-0.25, -0.2) is 0 Å². The summed E-state index contributed by atoms with van der Waals surface area (Å²) in [6.45, 7) is 8.04. The molecule has 1 heterocycles. The fourth-order valence-electron chi connectivity index (χ4n) is 1.52. The molecule has 1 aliphatic heterocycles. The van der Waals surface area contributed by atoms with Gasteiger partial charge in [0.1, 0.15) is 0 Å². The van der Waals surface area contributed by atoms with E-state index in [1.807, 2.05) is 0 Å². The molecule has 2 heteroatoms. The van der Waals surface area contributed by atoms with E-state index in [1.165, 1.54) is 6.16 Å². The van der Waals surface area contributed by atoms with E-state index in [-0.39, 0.29) is 0 Å². The molecular weight excluding hydrogens is 155 g/mol. The second-order valence-electron chi connectivity index (χ2n) is 5.31. The summed E-state index contributed by atoms with van der Waals surface area (Å²) in [5.41, 5.74) is 0.655. The van der Waals surface area contributed by atoms with Crippen LogP contribution < -0.4 is 0 Å². The number of hydrogen-bond acceptors (Lipinski definition) is 1. The molecule has 0 aliphatic carbocycles. The van der Waals surface area contributed by atoms with Crippen LogP contribution in [0.3, 0.4) is 0 Å². The predicted octanol–water partition coefficient (Wildman–Crippen LogP) is 2.18. The van der Waals surface area contributed by atoms with Crippen LogP contribution in [0.4, 0.5) is 0 Å². The van der Waals surface area contributed by atoms with Crippen molar-refractivity contribution < 1.29 is 4.79 Å². The molecule has 66 valence electrons. The van der Waals surface area contributed by atoms with Gasteiger partial charge < -0.3 is 0 Å². The summed E-state index contributed by atoms with van der Waals surface area (Å²) < 4.78 is 0. The quantitative estimate of drug-likeness (QED) is 0.514. The molecule has 0 N–H and O–H groups in total. The first kappa shape index (κ1) is 9.19. The zero-order valence-electron chi connectivity index (χ0n) is 8.05. The van der Waals surface area contributed by atoms with Gasteiger partial charge in [0.2, 0.25) is 0 Å². The molecule has 1 atom stereocenters. The van der Waals surface area contributed by atoms with E-state index in [0.717, 1.165) is 12.8 Å². The number of Topliss-reactive ketones (excluding diaryl/α,β-unsaturated/α-hetero) is 1. The van der Waals surface area contributed by atoms with E-state index in [2.05, 4.69) is 26.9 Å². The molecule has 0 aromatic rings. The third-order valence-electron chi connectivity index (χ3n) is 3.35. The Bertz CT molecular complexity index is 187. The Morgan fingerprint density at radius 2 is 1.91 bits per heavy atom. The monoisotopic (exact) mass is 174 g/mol. The second kappa shape index (κ2) is 2.29. The van der Waals surface area contributed by atoms with Crippen LogP contribution >= 0.6 is 6.60 Å². The Labute approximate surface area is 69.5 Å². The summed E-state index contributed by atoms with van der Waals surface area (Å²) in [6.07, 6.45) is 2.85. The summed E-state index contributed by atoms with van der Waals surface area (Å²) in [6, 6.07) is 0. The first-order valence-corrected chi connectivity index (χ1v) is 8.15. The number of carbonyl (C=O) groups is 1.